The Labute approximate surface area is 282 Å². The first-order valence-corrected chi connectivity index (χ1v) is 16.8. The predicted octanol–water partition coefficient (Wildman–Crippen LogP) is 8.08. The smallest absolute Gasteiger partial charge is 0.416 e. The number of unbranched alkanes of at least 4 members (excludes halogenated alkanes) is 7. The summed E-state index contributed by atoms with van der Waals surface area (Å²) in [4.78, 5) is 35.6. The molecule has 0 amide bonds. The van der Waals surface area contributed by atoms with Gasteiger partial charge >= 0.3 is 24.1 Å². The molecular weight excluding hydrogens is 629 g/mol. The van der Waals surface area contributed by atoms with E-state index in [9.17, 15) is 32.7 Å². The van der Waals surface area contributed by atoms with Crippen molar-refractivity contribution < 1.29 is 51.6 Å². The molecule has 0 heterocycles. The average Bonchev–Trinajstić information content (AvgIpc) is 3.31. The fraction of sp³-hybridized carbons (Fsp3) is 0.595. The topological polar surface area (TPSA) is 108 Å². The van der Waals surface area contributed by atoms with Crippen LogP contribution < -0.4 is 4.74 Å². The van der Waals surface area contributed by atoms with Gasteiger partial charge in [0.25, 0.3) is 0 Å². The number of rotatable bonds is 22. The van der Waals surface area contributed by atoms with Crippen molar-refractivity contribution in [3.63, 3.8) is 0 Å². The molecular formula is C37H51F3O8. The Bertz CT molecular complexity index is 1200. The van der Waals surface area contributed by atoms with Crippen molar-refractivity contribution in [3.8, 4) is 5.75 Å². The van der Waals surface area contributed by atoms with Crippen LogP contribution in [0.25, 0.3) is 0 Å². The molecule has 8 nitrogen and oxygen atoms in total. The van der Waals surface area contributed by atoms with Crippen molar-refractivity contribution in [2.75, 3.05) is 13.2 Å². The summed E-state index contributed by atoms with van der Waals surface area (Å²) >= 11 is 0. The largest absolute Gasteiger partial charge is 0.489 e. The lowest BCUT2D eigenvalue weighted by Crippen LogP contribution is -2.25. The van der Waals surface area contributed by atoms with E-state index < -0.39 is 47.9 Å². The maximum absolute atomic E-state index is 13.1. The Morgan fingerprint density at radius 3 is 2.42 bits per heavy atom. The van der Waals surface area contributed by atoms with Gasteiger partial charge in [0.05, 0.1) is 18.3 Å². The zero-order valence-corrected chi connectivity index (χ0v) is 28.1. The second kappa shape index (κ2) is 22.1. The van der Waals surface area contributed by atoms with Crippen LogP contribution in [0.15, 0.2) is 61.2 Å². The summed E-state index contributed by atoms with van der Waals surface area (Å²) in [6, 6.07) is 4.38. The molecule has 1 N–H and O–H groups in total. The van der Waals surface area contributed by atoms with Crippen LogP contribution in [0.1, 0.15) is 96.5 Å². The summed E-state index contributed by atoms with van der Waals surface area (Å²) in [5.74, 6) is -2.09. The summed E-state index contributed by atoms with van der Waals surface area (Å²) in [6.45, 7) is 6.42. The second-order valence-corrected chi connectivity index (χ2v) is 12.1. The molecule has 5 atom stereocenters. The summed E-state index contributed by atoms with van der Waals surface area (Å²) in [5, 5.41) is 10.8. The number of aliphatic hydroxyl groups is 1. The minimum atomic E-state index is -4.54. The maximum Gasteiger partial charge on any atom is 0.416 e. The lowest BCUT2D eigenvalue weighted by atomic mass is 9.89. The highest BCUT2D eigenvalue weighted by Crippen LogP contribution is 2.38. The molecule has 1 aliphatic rings. The van der Waals surface area contributed by atoms with Crippen molar-refractivity contribution in [1.82, 2.24) is 0 Å². The number of halogens is 3. The number of alkyl halides is 3. The van der Waals surface area contributed by atoms with E-state index in [0.29, 0.717) is 32.3 Å². The molecule has 1 fully saturated rings. The maximum atomic E-state index is 13.1. The van der Waals surface area contributed by atoms with Gasteiger partial charge in [-0.2, -0.15) is 13.2 Å². The predicted molar refractivity (Wildman–Crippen MR) is 176 cm³/mol. The van der Waals surface area contributed by atoms with E-state index in [1.54, 1.807) is 6.08 Å². The summed E-state index contributed by atoms with van der Waals surface area (Å²) in [5.41, 5.74) is -0.868. The van der Waals surface area contributed by atoms with Crippen molar-refractivity contribution >= 4 is 17.9 Å². The average molecular weight is 681 g/mol. The van der Waals surface area contributed by atoms with Gasteiger partial charge in [-0.25, -0.2) is 0 Å². The number of hydrogen-bond donors (Lipinski definition) is 1. The van der Waals surface area contributed by atoms with E-state index in [1.807, 2.05) is 18.2 Å². The van der Waals surface area contributed by atoms with Crippen molar-refractivity contribution in [2.24, 2.45) is 11.8 Å². The summed E-state index contributed by atoms with van der Waals surface area (Å²) < 4.78 is 60.9. The molecule has 0 spiro atoms. The number of carbonyl (C=O) groups is 3. The van der Waals surface area contributed by atoms with E-state index in [2.05, 4.69) is 6.58 Å². The van der Waals surface area contributed by atoms with Crippen molar-refractivity contribution in [2.45, 2.75) is 115 Å². The molecule has 1 saturated carbocycles. The number of allylic oxidation sites excluding steroid dienone is 3. The van der Waals surface area contributed by atoms with Crippen LogP contribution >= 0.6 is 0 Å². The monoisotopic (exact) mass is 680 g/mol. The lowest BCUT2D eigenvalue weighted by molar-refractivity contribution is -0.148. The Kier molecular flexibility index (Phi) is 18.7. The number of esters is 3. The standard InChI is InChI=1S/C37H51F3O8/c1-4-5-6-7-8-9-12-15-23-45-36(44)20-14-11-10-13-19-33-32(34(43)25-35(33)48-28(3)42)22-21-31(47-27(2)41)26-46-30-18-16-17-29(24-30)37(38,39)40/h4,10,13,16-18,21-22,24,31-35,43H,1,5-9,11-12,14-15,19-20,23,25-26H2,2-3H3/b13-10-,22-21+/t31-,32-,33-,34-,35+/m1/s1. The van der Waals surface area contributed by atoms with E-state index in [1.165, 1.54) is 51.3 Å². The third-order valence-electron chi connectivity index (χ3n) is 8.04. The van der Waals surface area contributed by atoms with Crippen LogP contribution in [0.3, 0.4) is 0 Å². The molecule has 1 aliphatic carbocycles. The molecule has 0 aliphatic heterocycles. The third kappa shape index (κ3) is 16.5. The zero-order chi connectivity index (χ0) is 35.4. The van der Waals surface area contributed by atoms with E-state index in [4.69, 9.17) is 18.9 Å². The highest BCUT2D eigenvalue weighted by atomic mass is 19.4. The van der Waals surface area contributed by atoms with Gasteiger partial charge in [-0.1, -0.05) is 56.1 Å². The fourth-order valence-corrected chi connectivity index (χ4v) is 5.66. The van der Waals surface area contributed by atoms with Gasteiger partial charge in [0, 0.05) is 38.5 Å². The molecule has 1 aromatic rings. The molecule has 268 valence electrons. The number of aliphatic hydroxyl groups excluding tert-OH is 1. The van der Waals surface area contributed by atoms with E-state index in [0.717, 1.165) is 37.8 Å². The fourth-order valence-electron chi connectivity index (χ4n) is 5.66. The van der Waals surface area contributed by atoms with Crippen LogP contribution in [0.5, 0.6) is 5.75 Å². The Morgan fingerprint density at radius 1 is 1.00 bits per heavy atom. The molecule has 0 unspecified atom stereocenters. The minimum Gasteiger partial charge on any atom is -0.489 e. The minimum absolute atomic E-state index is 0.0384. The van der Waals surface area contributed by atoms with E-state index >= 15 is 0 Å². The highest BCUT2D eigenvalue weighted by molar-refractivity contribution is 5.69. The van der Waals surface area contributed by atoms with Crippen molar-refractivity contribution in [3.05, 3.63) is 66.8 Å². The Morgan fingerprint density at radius 2 is 1.73 bits per heavy atom. The molecule has 48 heavy (non-hydrogen) atoms. The number of ether oxygens (including phenoxy) is 4. The van der Waals surface area contributed by atoms with Crippen molar-refractivity contribution in [1.29, 1.82) is 0 Å². The van der Waals surface area contributed by atoms with Crippen LogP contribution in [0, 0.1) is 11.8 Å². The first-order chi connectivity index (χ1) is 22.9. The Hall–Kier alpha value is -3.60. The molecule has 0 radical (unpaired) electrons. The van der Waals surface area contributed by atoms with Gasteiger partial charge < -0.3 is 24.1 Å². The Balaban J connectivity index is 1.88. The number of carbonyl (C=O) groups excluding carboxylic acids is 3. The van der Waals surface area contributed by atoms with Gasteiger partial charge in [0.1, 0.15) is 18.5 Å². The molecule has 0 bridgehead atoms. The normalized spacial score (nSPS) is 20.1. The van der Waals surface area contributed by atoms with Gasteiger partial charge in [0.15, 0.2) is 6.10 Å². The number of benzene rings is 1. The van der Waals surface area contributed by atoms with Crippen LogP contribution in [-0.4, -0.2) is 54.5 Å². The van der Waals surface area contributed by atoms with Gasteiger partial charge in [-0.3, -0.25) is 14.4 Å². The van der Waals surface area contributed by atoms with Gasteiger partial charge in [-0.05, 0) is 62.8 Å². The van der Waals surface area contributed by atoms with Crippen LogP contribution in [-0.2, 0) is 34.8 Å². The quantitative estimate of drug-likeness (QED) is 0.0567. The first-order valence-electron chi connectivity index (χ1n) is 16.8. The van der Waals surface area contributed by atoms with E-state index in [-0.39, 0.29) is 30.7 Å². The summed E-state index contributed by atoms with van der Waals surface area (Å²) in [6.07, 6.45) is 12.1. The highest BCUT2D eigenvalue weighted by Gasteiger charge is 2.42. The molecule has 11 heteroatoms. The molecule has 2 rings (SSSR count). The van der Waals surface area contributed by atoms with Gasteiger partial charge in [0.2, 0.25) is 0 Å². The number of hydrogen-bond acceptors (Lipinski definition) is 8. The lowest BCUT2D eigenvalue weighted by Gasteiger charge is -2.22. The second-order valence-electron chi connectivity index (χ2n) is 12.1. The molecule has 0 saturated heterocycles. The third-order valence-corrected chi connectivity index (χ3v) is 8.04. The zero-order valence-electron chi connectivity index (χ0n) is 28.1. The molecule has 0 aromatic heterocycles. The SMILES string of the molecule is C=CCCCCCCCCOC(=O)CCC/C=C\C[C@@H]1[C@@H](/C=C/[C@H](COc2cccc(C(F)(F)F)c2)OC(C)=O)[C@H](O)C[C@@H]1OC(C)=O. The first kappa shape index (κ1) is 40.6. The van der Waals surface area contributed by atoms with Crippen LogP contribution in [0.2, 0.25) is 0 Å². The van der Waals surface area contributed by atoms with Gasteiger partial charge in [-0.15, -0.1) is 6.58 Å². The van der Waals surface area contributed by atoms with Crippen LogP contribution in [0.4, 0.5) is 13.2 Å². The molecule has 1 aromatic carbocycles. The summed E-state index contributed by atoms with van der Waals surface area (Å²) in [7, 11) is 0.